The highest BCUT2D eigenvalue weighted by molar-refractivity contribution is 7.90. The Labute approximate surface area is 120 Å². The van der Waals surface area contributed by atoms with Crippen molar-refractivity contribution in [1.29, 1.82) is 0 Å². The van der Waals surface area contributed by atoms with E-state index >= 15 is 0 Å². The van der Waals surface area contributed by atoms with E-state index in [9.17, 15) is 22.4 Å². The van der Waals surface area contributed by atoms with Crippen LogP contribution in [0.2, 0.25) is 0 Å². The molecule has 0 amide bonds. The van der Waals surface area contributed by atoms with Crippen LogP contribution < -0.4 is 4.72 Å². The van der Waals surface area contributed by atoms with E-state index in [1.54, 1.807) is 0 Å². The highest BCUT2D eigenvalue weighted by atomic mass is 32.2. The van der Waals surface area contributed by atoms with Crippen molar-refractivity contribution >= 4 is 27.8 Å². The van der Waals surface area contributed by atoms with Crippen LogP contribution in [0.3, 0.4) is 0 Å². The first-order valence-electron chi connectivity index (χ1n) is 5.62. The maximum absolute atomic E-state index is 13.5. The monoisotopic (exact) mass is 320 g/mol. The zero-order chi connectivity index (χ0) is 16.2. The van der Waals surface area contributed by atoms with Crippen LogP contribution >= 0.6 is 0 Å². The highest BCUT2D eigenvalue weighted by Gasteiger charge is 2.20. The van der Waals surface area contributed by atoms with Crippen LogP contribution in [0.5, 0.6) is 0 Å². The Balaban J connectivity index is 2.95. The number of benzene rings is 1. The fourth-order valence-corrected chi connectivity index (χ4v) is 2.25. The van der Waals surface area contributed by atoms with Crippen molar-refractivity contribution in [3.05, 3.63) is 29.6 Å². The number of hydrogen-bond donors (Lipinski definition) is 3. The molecule has 0 bridgehead atoms. The van der Waals surface area contributed by atoms with Gasteiger partial charge in [0.15, 0.2) is 0 Å². The maximum atomic E-state index is 13.5. The number of rotatable bonds is 7. The number of halogens is 1. The van der Waals surface area contributed by atoms with Crippen LogP contribution in [0, 0.1) is 5.82 Å². The maximum Gasteiger partial charge on any atom is 0.335 e. The predicted octanol–water partition coefficient (Wildman–Crippen LogP) is 0.587. The van der Waals surface area contributed by atoms with E-state index < -0.39 is 40.1 Å². The molecule has 1 rings (SSSR count). The quantitative estimate of drug-likeness (QED) is 0.675. The number of carboxylic acids is 2. The van der Waals surface area contributed by atoms with Crippen molar-refractivity contribution < 1.29 is 32.6 Å². The molecule has 0 saturated heterocycles. The fourth-order valence-electron chi connectivity index (χ4n) is 1.33. The van der Waals surface area contributed by atoms with Crippen LogP contribution in [-0.4, -0.2) is 48.5 Å². The molecule has 1 aromatic carbocycles. The Morgan fingerprint density at radius 2 is 1.95 bits per heavy atom. The van der Waals surface area contributed by atoms with Gasteiger partial charge in [-0.05, 0) is 18.2 Å². The molecular formula is C11H13FN2O6S. The van der Waals surface area contributed by atoms with Crippen LogP contribution in [0.25, 0.3) is 0 Å². The van der Waals surface area contributed by atoms with Crippen LogP contribution in [0.1, 0.15) is 16.8 Å². The summed E-state index contributed by atoms with van der Waals surface area (Å²) in [5.74, 6) is -3.47. The molecule has 0 aliphatic rings. The molecular weight excluding hydrogens is 307 g/mol. The van der Waals surface area contributed by atoms with E-state index in [-0.39, 0.29) is 12.1 Å². The topological polar surface area (TPSA) is 124 Å². The van der Waals surface area contributed by atoms with Gasteiger partial charge in [-0.2, -0.15) is 12.7 Å². The highest BCUT2D eigenvalue weighted by Crippen LogP contribution is 2.18. The Kier molecular flexibility index (Phi) is 5.22. The lowest BCUT2D eigenvalue weighted by Crippen LogP contribution is -2.34. The Bertz CT molecular complexity index is 661. The largest absolute Gasteiger partial charge is 0.481 e. The third-order valence-corrected chi connectivity index (χ3v) is 3.98. The van der Waals surface area contributed by atoms with E-state index in [0.717, 1.165) is 25.2 Å². The van der Waals surface area contributed by atoms with Crippen molar-refractivity contribution in [3.8, 4) is 0 Å². The molecule has 0 saturated carbocycles. The molecule has 0 fully saturated rings. The molecule has 0 spiro atoms. The second kappa shape index (κ2) is 6.50. The van der Waals surface area contributed by atoms with Gasteiger partial charge in [-0.25, -0.2) is 9.18 Å². The summed E-state index contributed by atoms with van der Waals surface area (Å²) >= 11 is 0. The second-order valence-electron chi connectivity index (χ2n) is 4.07. The molecule has 0 unspecified atom stereocenters. The lowest BCUT2D eigenvalue weighted by Gasteiger charge is -2.17. The van der Waals surface area contributed by atoms with Crippen molar-refractivity contribution in [1.82, 2.24) is 4.31 Å². The van der Waals surface area contributed by atoms with Crippen LogP contribution in [0.4, 0.5) is 10.1 Å². The zero-order valence-electron chi connectivity index (χ0n) is 10.9. The van der Waals surface area contributed by atoms with Gasteiger partial charge in [-0.15, -0.1) is 0 Å². The van der Waals surface area contributed by atoms with Gasteiger partial charge in [-0.1, -0.05) is 0 Å². The molecule has 8 nitrogen and oxygen atoms in total. The van der Waals surface area contributed by atoms with Gasteiger partial charge in [0.25, 0.3) is 0 Å². The van der Waals surface area contributed by atoms with E-state index in [1.165, 1.54) is 0 Å². The molecule has 0 heterocycles. The Hall–Kier alpha value is -2.20. The molecule has 0 radical (unpaired) electrons. The van der Waals surface area contributed by atoms with Gasteiger partial charge >= 0.3 is 22.1 Å². The summed E-state index contributed by atoms with van der Waals surface area (Å²) in [5.41, 5.74) is -0.820. The number of aliphatic carboxylic acids is 1. The minimum absolute atomic E-state index is 0.290. The molecule has 116 valence electrons. The number of nitrogens with zero attached hydrogens (tertiary/aromatic N) is 1. The van der Waals surface area contributed by atoms with Gasteiger partial charge in [0.1, 0.15) is 5.82 Å². The van der Waals surface area contributed by atoms with Crippen molar-refractivity contribution in [2.24, 2.45) is 0 Å². The average molecular weight is 320 g/mol. The second-order valence-corrected chi connectivity index (χ2v) is 5.85. The lowest BCUT2D eigenvalue weighted by molar-refractivity contribution is -0.137. The molecule has 21 heavy (non-hydrogen) atoms. The van der Waals surface area contributed by atoms with E-state index in [1.807, 2.05) is 4.72 Å². The normalized spacial score (nSPS) is 11.4. The number of carbonyl (C=O) groups is 2. The van der Waals surface area contributed by atoms with Gasteiger partial charge in [-0.3, -0.25) is 9.52 Å². The van der Waals surface area contributed by atoms with E-state index in [2.05, 4.69) is 0 Å². The van der Waals surface area contributed by atoms with Crippen molar-refractivity contribution in [3.63, 3.8) is 0 Å². The van der Waals surface area contributed by atoms with E-state index in [0.29, 0.717) is 4.31 Å². The molecule has 3 N–H and O–H groups in total. The van der Waals surface area contributed by atoms with Crippen LogP contribution in [-0.2, 0) is 15.0 Å². The first-order valence-corrected chi connectivity index (χ1v) is 7.06. The minimum atomic E-state index is -4.19. The number of hydrogen-bond acceptors (Lipinski definition) is 4. The smallest absolute Gasteiger partial charge is 0.335 e. The van der Waals surface area contributed by atoms with Gasteiger partial charge in [0.2, 0.25) is 0 Å². The fraction of sp³-hybridized carbons (Fsp3) is 0.273. The summed E-state index contributed by atoms with van der Waals surface area (Å²) in [6.45, 7) is -0.315. The third-order valence-electron chi connectivity index (χ3n) is 2.50. The molecule has 0 atom stereocenters. The average Bonchev–Trinajstić information content (AvgIpc) is 2.37. The number of anilines is 1. The summed E-state index contributed by atoms with van der Waals surface area (Å²) in [7, 11) is -3.07. The minimum Gasteiger partial charge on any atom is -0.481 e. The molecule has 0 aliphatic carbocycles. The first-order chi connectivity index (χ1) is 9.63. The van der Waals surface area contributed by atoms with Crippen LogP contribution in [0.15, 0.2) is 18.2 Å². The third kappa shape index (κ3) is 4.68. The summed E-state index contributed by atoms with van der Waals surface area (Å²) in [6, 6.07) is 2.64. The number of nitrogens with one attached hydrogen (secondary N) is 1. The molecule has 1 aromatic rings. The predicted molar refractivity (Wildman–Crippen MR) is 70.8 cm³/mol. The Morgan fingerprint density at radius 3 is 2.48 bits per heavy atom. The van der Waals surface area contributed by atoms with E-state index in [4.69, 9.17) is 10.2 Å². The Morgan fingerprint density at radius 1 is 1.33 bits per heavy atom. The molecule has 0 aromatic heterocycles. The number of carboxylic acid groups (broad SMARTS) is 2. The van der Waals surface area contributed by atoms with Gasteiger partial charge < -0.3 is 10.2 Å². The lowest BCUT2D eigenvalue weighted by atomic mass is 10.2. The standard InChI is InChI=1S/C11H13FN2O6S/c1-14(5-4-10(15)16)21(19,20)13-9-6-7(11(17)18)2-3-8(9)12/h2-3,6,13H,4-5H2,1H3,(H,15,16)(H,17,18). The number of aromatic carboxylic acids is 1. The van der Waals surface area contributed by atoms with Crippen molar-refractivity contribution in [2.45, 2.75) is 6.42 Å². The van der Waals surface area contributed by atoms with Crippen molar-refractivity contribution in [2.75, 3.05) is 18.3 Å². The van der Waals surface area contributed by atoms with Gasteiger partial charge in [0.05, 0.1) is 17.7 Å². The summed E-state index contributed by atoms with van der Waals surface area (Å²) in [5, 5.41) is 17.3. The summed E-state index contributed by atoms with van der Waals surface area (Å²) in [6.07, 6.45) is -0.422. The zero-order valence-corrected chi connectivity index (χ0v) is 11.7. The SMILES string of the molecule is CN(CCC(=O)O)S(=O)(=O)Nc1cc(C(=O)O)ccc1F. The summed E-state index contributed by atoms with van der Waals surface area (Å²) in [4.78, 5) is 21.2. The molecule has 10 heteroatoms. The van der Waals surface area contributed by atoms with Gasteiger partial charge in [0, 0.05) is 13.6 Å². The summed E-state index contributed by atoms with van der Waals surface area (Å²) < 4.78 is 39.8. The first kappa shape index (κ1) is 16.9. The molecule has 0 aliphatic heterocycles.